The van der Waals surface area contributed by atoms with Crippen molar-refractivity contribution in [2.45, 2.75) is 20.3 Å². The van der Waals surface area contributed by atoms with E-state index in [2.05, 4.69) is 5.32 Å². The molecule has 1 amide bonds. The van der Waals surface area contributed by atoms with Gasteiger partial charge in [0.1, 0.15) is 0 Å². The van der Waals surface area contributed by atoms with Crippen molar-refractivity contribution in [2.75, 3.05) is 11.9 Å². The number of hydrogen-bond donors (Lipinski definition) is 3. The number of aliphatic hydroxyl groups is 1. The summed E-state index contributed by atoms with van der Waals surface area (Å²) in [5, 5.41) is 11.6. The highest BCUT2D eigenvalue weighted by molar-refractivity contribution is 7.80. The predicted octanol–water partition coefficient (Wildman–Crippen LogP) is 1.47. The zero-order valence-corrected chi connectivity index (χ0v) is 11.4. The van der Waals surface area contributed by atoms with E-state index in [0.717, 1.165) is 5.56 Å². The molecule has 0 aromatic heterocycles. The minimum Gasteiger partial charge on any atom is -0.396 e. The molecule has 0 atom stereocenters. The van der Waals surface area contributed by atoms with E-state index in [9.17, 15) is 4.79 Å². The van der Waals surface area contributed by atoms with E-state index < -0.39 is 5.41 Å². The van der Waals surface area contributed by atoms with E-state index in [1.165, 1.54) is 0 Å². The van der Waals surface area contributed by atoms with Gasteiger partial charge in [0.05, 0.1) is 10.4 Å². The van der Waals surface area contributed by atoms with Crippen molar-refractivity contribution < 1.29 is 9.90 Å². The van der Waals surface area contributed by atoms with Gasteiger partial charge < -0.3 is 16.2 Å². The molecular formula is C13H18N2O2S. The summed E-state index contributed by atoms with van der Waals surface area (Å²) >= 11 is 4.87. The van der Waals surface area contributed by atoms with Crippen LogP contribution in [0.5, 0.6) is 0 Å². The Kier molecular flexibility index (Phi) is 4.81. The summed E-state index contributed by atoms with van der Waals surface area (Å²) in [5.41, 5.74) is 6.36. The molecule has 0 saturated heterocycles. The molecule has 5 heteroatoms. The van der Waals surface area contributed by atoms with Crippen molar-refractivity contribution in [3.63, 3.8) is 0 Å². The van der Waals surface area contributed by atoms with Crippen LogP contribution in [0.15, 0.2) is 24.3 Å². The lowest BCUT2D eigenvalue weighted by Gasteiger charge is -2.21. The van der Waals surface area contributed by atoms with E-state index in [0.29, 0.717) is 12.1 Å². The van der Waals surface area contributed by atoms with Gasteiger partial charge in [0.15, 0.2) is 0 Å². The summed E-state index contributed by atoms with van der Waals surface area (Å²) in [7, 11) is 0. The summed E-state index contributed by atoms with van der Waals surface area (Å²) in [6, 6.07) is 7.30. The Morgan fingerprint density at radius 3 is 2.39 bits per heavy atom. The molecule has 0 aliphatic carbocycles. The normalized spacial score (nSPS) is 11.1. The van der Waals surface area contributed by atoms with Crippen LogP contribution in [0.1, 0.15) is 19.4 Å². The molecule has 0 saturated carbocycles. The highest BCUT2D eigenvalue weighted by Gasteiger charge is 2.30. The largest absolute Gasteiger partial charge is 0.396 e. The van der Waals surface area contributed by atoms with E-state index >= 15 is 0 Å². The summed E-state index contributed by atoms with van der Waals surface area (Å²) in [6.07, 6.45) is 0.604. The second-order valence-corrected chi connectivity index (χ2v) is 5.05. The minimum atomic E-state index is -0.876. The van der Waals surface area contributed by atoms with Crippen LogP contribution in [-0.4, -0.2) is 22.6 Å². The van der Waals surface area contributed by atoms with Crippen LogP contribution >= 0.6 is 12.2 Å². The molecule has 0 bridgehead atoms. The number of carbonyl (C=O) groups excluding carboxylic acids is 1. The molecular weight excluding hydrogens is 248 g/mol. The number of nitrogens with one attached hydrogen (secondary N) is 1. The number of carbonyl (C=O) groups is 1. The third-order valence-corrected chi connectivity index (χ3v) is 3.31. The maximum Gasteiger partial charge on any atom is 0.236 e. The van der Waals surface area contributed by atoms with Crippen molar-refractivity contribution in [3.8, 4) is 0 Å². The summed E-state index contributed by atoms with van der Waals surface area (Å²) in [5.74, 6) is -0.232. The summed E-state index contributed by atoms with van der Waals surface area (Å²) in [6.45, 7) is 3.48. The molecule has 0 fully saturated rings. The maximum absolute atomic E-state index is 12.0. The molecule has 4 N–H and O–H groups in total. The molecule has 1 aromatic carbocycles. The van der Waals surface area contributed by atoms with Gasteiger partial charge in [0.25, 0.3) is 0 Å². The Morgan fingerprint density at radius 2 is 1.94 bits per heavy atom. The lowest BCUT2D eigenvalue weighted by atomic mass is 9.92. The average Bonchev–Trinajstić information content (AvgIpc) is 2.31. The van der Waals surface area contributed by atoms with Gasteiger partial charge >= 0.3 is 0 Å². The number of hydrogen-bond acceptors (Lipinski definition) is 3. The monoisotopic (exact) mass is 266 g/mol. The van der Waals surface area contributed by atoms with Crippen LogP contribution in [0, 0.1) is 5.41 Å². The fourth-order valence-electron chi connectivity index (χ4n) is 1.28. The highest BCUT2D eigenvalue weighted by atomic mass is 32.1. The molecule has 0 spiro atoms. The average molecular weight is 266 g/mol. The van der Waals surface area contributed by atoms with Crippen molar-refractivity contribution in [1.82, 2.24) is 0 Å². The van der Waals surface area contributed by atoms with Crippen molar-refractivity contribution in [2.24, 2.45) is 11.1 Å². The van der Waals surface area contributed by atoms with E-state index in [-0.39, 0.29) is 17.5 Å². The van der Waals surface area contributed by atoms with Crippen molar-refractivity contribution >= 4 is 28.8 Å². The summed E-state index contributed by atoms with van der Waals surface area (Å²) < 4.78 is 0. The second kappa shape index (κ2) is 5.93. The van der Waals surface area contributed by atoms with Crippen molar-refractivity contribution in [3.05, 3.63) is 29.8 Å². The molecule has 1 rings (SSSR count). The number of anilines is 1. The molecule has 0 radical (unpaired) electrons. The number of nitrogens with two attached hydrogens (primary N) is 1. The van der Waals surface area contributed by atoms with Gasteiger partial charge in [-0.15, -0.1) is 0 Å². The maximum atomic E-state index is 12.0. The number of rotatable bonds is 5. The molecule has 0 aliphatic rings. The standard InChI is InChI=1S/C13H18N2O2S/c1-13(2,11(14)18)12(17)15-10-5-3-9(4-6-10)7-8-16/h3-6,16H,7-8H2,1-2H3,(H2,14,18)(H,15,17). The fraction of sp³-hybridized carbons (Fsp3) is 0.385. The number of amides is 1. The fourth-order valence-corrected chi connectivity index (χ4v) is 1.38. The first-order valence-electron chi connectivity index (χ1n) is 5.69. The minimum absolute atomic E-state index is 0.111. The lowest BCUT2D eigenvalue weighted by Crippen LogP contribution is -2.41. The lowest BCUT2D eigenvalue weighted by molar-refractivity contribution is -0.121. The molecule has 0 heterocycles. The molecule has 1 aromatic rings. The van der Waals surface area contributed by atoms with Crippen LogP contribution in [0.2, 0.25) is 0 Å². The Balaban J connectivity index is 2.73. The SMILES string of the molecule is CC(C)(C(=O)Nc1ccc(CCO)cc1)C(N)=S. The molecule has 98 valence electrons. The smallest absolute Gasteiger partial charge is 0.236 e. The van der Waals surface area contributed by atoms with E-state index in [1.807, 2.05) is 12.1 Å². The van der Waals surface area contributed by atoms with Gasteiger partial charge in [-0.1, -0.05) is 24.4 Å². The molecule has 18 heavy (non-hydrogen) atoms. The Bertz CT molecular complexity index is 441. The van der Waals surface area contributed by atoms with E-state index in [1.54, 1.807) is 26.0 Å². The van der Waals surface area contributed by atoms with Gasteiger partial charge in [0, 0.05) is 12.3 Å². The van der Waals surface area contributed by atoms with Crippen LogP contribution in [0.4, 0.5) is 5.69 Å². The van der Waals surface area contributed by atoms with Crippen LogP contribution < -0.4 is 11.1 Å². The second-order valence-electron chi connectivity index (χ2n) is 4.61. The Labute approximate surface area is 112 Å². The number of benzene rings is 1. The van der Waals surface area contributed by atoms with Gasteiger partial charge in [-0.05, 0) is 38.0 Å². The van der Waals surface area contributed by atoms with Gasteiger partial charge in [-0.25, -0.2) is 0 Å². The van der Waals surface area contributed by atoms with E-state index in [4.69, 9.17) is 23.1 Å². The molecule has 0 unspecified atom stereocenters. The van der Waals surface area contributed by atoms with Gasteiger partial charge in [-0.3, -0.25) is 4.79 Å². The first-order valence-corrected chi connectivity index (χ1v) is 6.10. The zero-order chi connectivity index (χ0) is 13.8. The van der Waals surface area contributed by atoms with Crippen LogP contribution in [-0.2, 0) is 11.2 Å². The third kappa shape index (κ3) is 3.51. The summed E-state index contributed by atoms with van der Waals surface area (Å²) in [4.78, 5) is 12.1. The van der Waals surface area contributed by atoms with Crippen LogP contribution in [0.25, 0.3) is 0 Å². The predicted molar refractivity (Wildman–Crippen MR) is 76.4 cm³/mol. The third-order valence-electron chi connectivity index (χ3n) is 2.80. The zero-order valence-electron chi connectivity index (χ0n) is 10.6. The molecule has 4 nitrogen and oxygen atoms in total. The molecule has 0 aliphatic heterocycles. The number of thiocarbonyl (C=S) groups is 1. The Hall–Kier alpha value is -1.46. The Morgan fingerprint density at radius 1 is 1.39 bits per heavy atom. The first kappa shape index (κ1) is 14.6. The topological polar surface area (TPSA) is 75.3 Å². The quantitative estimate of drug-likeness (QED) is 0.706. The van der Waals surface area contributed by atoms with Crippen LogP contribution in [0.3, 0.4) is 0 Å². The number of aliphatic hydroxyl groups excluding tert-OH is 1. The van der Waals surface area contributed by atoms with Gasteiger partial charge in [0.2, 0.25) is 5.91 Å². The van der Waals surface area contributed by atoms with Crippen molar-refractivity contribution in [1.29, 1.82) is 0 Å². The van der Waals surface area contributed by atoms with Gasteiger partial charge in [-0.2, -0.15) is 0 Å². The highest BCUT2D eigenvalue weighted by Crippen LogP contribution is 2.19. The first-order chi connectivity index (χ1) is 8.37.